The first-order chi connectivity index (χ1) is 10.1. The summed E-state index contributed by atoms with van der Waals surface area (Å²) in [5.74, 6) is 3.43. The van der Waals surface area contributed by atoms with Crippen molar-refractivity contribution in [2.45, 2.75) is 25.1 Å². The molecule has 2 heterocycles. The summed E-state index contributed by atoms with van der Waals surface area (Å²) in [5, 5.41) is 0. The third kappa shape index (κ3) is 2.99. The topological polar surface area (TPSA) is 31.6 Å². The Morgan fingerprint density at radius 3 is 2.29 bits per heavy atom. The highest BCUT2D eigenvalue weighted by atomic mass is 79.9. The van der Waals surface area contributed by atoms with Gasteiger partial charge in [0.1, 0.15) is 11.5 Å². The fourth-order valence-electron chi connectivity index (χ4n) is 2.46. The number of alkyl halides is 1. The maximum absolute atomic E-state index is 5.78. The summed E-state index contributed by atoms with van der Waals surface area (Å²) >= 11 is 7.40. The highest BCUT2D eigenvalue weighted by Crippen LogP contribution is 2.43. The van der Waals surface area contributed by atoms with E-state index in [0.29, 0.717) is 13.2 Å². The van der Waals surface area contributed by atoms with E-state index in [1.54, 1.807) is 0 Å². The monoisotopic (exact) mass is 414 g/mol. The van der Waals surface area contributed by atoms with Gasteiger partial charge in [0.25, 0.3) is 0 Å². The predicted molar refractivity (Wildman–Crippen MR) is 88.7 cm³/mol. The summed E-state index contributed by atoms with van der Waals surface area (Å²) in [6.45, 7) is 5.31. The van der Waals surface area contributed by atoms with Crippen LogP contribution in [-0.2, 0) is 0 Å². The van der Waals surface area contributed by atoms with Crippen LogP contribution in [0.5, 0.6) is 11.5 Å². The third-order valence-electron chi connectivity index (χ3n) is 3.49. The Kier molecular flexibility index (Phi) is 4.31. The molecule has 1 aromatic heterocycles. The second-order valence-electron chi connectivity index (χ2n) is 5.10. The van der Waals surface area contributed by atoms with Gasteiger partial charge in [0.05, 0.1) is 18.0 Å². The molecule has 3 nitrogen and oxygen atoms in total. The molecule has 0 amide bonds. The Labute approximate surface area is 140 Å². The summed E-state index contributed by atoms with van der Waals surface area (Å²) in [6, 6.07) is 6.07. The molecule has 2 aromatic rings. The van der Waals surface area contributed by atoms with Crippen molar-refractivity contribution in [3.05, 3.63) is 45.3 Å². The zero-order valence-corrected chi connectivity index (χ0v) is 15.1. The van der Waals surface area contributed by atoms with Gasteiger partial charge in [0.2, 0.25) is 0 Å². The van der Waals surface area contributed by atoms with Crippen molar-refractivity contribution < 1.29 is 13.9 Å². The van der Waals surface area contributed by atoms with E-state index < -0.39 is 0 Å². The fraction of sp³-hybridized carbons (Fsp3) is 0.375. The van der Waals surface area contributed by atoms with Crippen molar-refractivity contribution in [3.8, 4) is 11.5 Å². The van der Waals surface area contributed by atoms with E-state index in [-0.39, 0.29) is 4.83 Å². The van der Waals surface area contributed by atoms with E-state index in [2.05, 4.69) is 37.9 Å². The van der Waals surface area contributed by atoms with Crippen LogP contribution >= 0.6 is 31.9 Å². The lowest BCUT2D eigenvalue weighted by Gasteiger charge is -2.15. The Hall–Kier alpha value is -0.940. The van der Waals surface area contributed by atoms with E-state index in [9.17, 15) is 0 Å². The second kappa shape index (κ2) is 6.05. The first kappa shape index (κ1) is 15.0. The lowest BCUT2D eigenvalue weighted by molar-refractivity contribution is 0.297. The molecule has 3 rings (SSSR count). The smallest absolute Gasteiger partial charge is 0.162 e. The minimum absolute atomic E-state index is 0.0430. The largest absolute Gasteiger partial charge is 0.490 e. The maximum atomic E-state index is 5.78. The number of rotatable bonds is 2. The molecule has 0 bridgehead atoms. The molecule has 112 valence electrons. The van der Waals surface area contributed by atoms with Gasteiger partial charge >= 0.3 is 0 Å². The summed E-state index contributed by atoms with van der Waals surface area (Å²) in [5.41, 5.74) is 2.23. The molecule has 0 radical (unpaired) electrons. The Bertz CT molecular complexity index is 664. The SMILES string of the molecule is Cc1cc(C(Br)c2cc3c(cc2Br)OCCCO3)c(C)o1. The molecule has 1 aliphatic rings. The van der Waals surface area contributed by atoms with E-state index in [0.717, 1.165) is 45.0 Å². The molecule has 0 N–H and O–H groups in total. The Morgan fingerprint density at radius 2 is 1.67 bits per heavy atom. The molecule has 1 aromatic carbocycles. The van der Waals surface area contributed by atoms with Crippen molar-refractivity contribution in [1.82, 2.24) is 0 Å². The lowest BCUT2D eigenvalue weighted by Crippen LogP contribution is -1.98. The molecule has 0 saturated carbocycles. The molecule has 0 saturated heterocycles. The van der Waals surface area contributed by atoms with Crippen molar-refractivity contribution in [1.29, 1.82) is 0 Å². The van der Waals surface area contributed by atoms with E-state index in [1.165, 1.54) is 0 Å². The number of furan rings is 1. The fourth-order valence-corrected chi connectivity index (χ4v) is 4.16. The van der Waals surface area contributed by atoms with Crippen LogP contribution in [0, 0.1) is 13.8 Å². The van der Waals surface area contributed by atoms with E-state index in [4.69, 9.17) is 13.9 Å². The number of ether oxygens (including phenoxy) is 2. The van der Waals surface area contributed by atoms with Gasteiger partial charge < -0.3 is 13.9 Å². The minimum atomic E-state index is 0.0430. The van der Waals surface area contributed by atoms with Crippen LogP contribution in [0.4, 0.5) is 0 Å². The molecule has 0 spiro atoms. The number of fused-ring (bicyclic) bond motifs is 1. The van der Waals surface area contributed by atoms with Crippen LogP contribution < -0.4 is 9.47 Å². The highest BCUT2D eigenvalue weighted by molar-refractivity contribution is 9.11. The second-order valence-corrected chi connectivity index (χ2v) is 6.87. The summed E-state index contributed by atoms with van der Waals surface area (Å²) < 4.78 is 18.1. The quantitative estimate of drug-likeness (QED) is 0.623. The van der Waals surface area contributed by atoms with E-state index in [1.807, 2.05) is 26.0 Å². The van der Waals surface area contributed by atoms with Crippen LogP contribution in [0.3, 0.4) is 0 Å². The molecular formula is C16H16Br2O3. The molecule has 1 atom stereocenters. The zero-order valence-electron chi connectivity index (χ0n) is 11.9. The summed E-state index contributed by atoms with van der Waals surface area (Å²) in [7, 11) is 0. The molecule has 21 heavy (non-hydrogen) atoms. The van der Waals surface area contributed by atoms with Crippen LogP contribution in [0.2, 0.25) is 0 Å². The predicted octanol–water partition coefficient (Wildman–Crippen LogP) is 5.30. The molecule has 1 unspecified atom stereocenters. The van der Waals surface area contributed by atoms with Crippen LogP contribution in [-0.4, -0.2) is 13.2 Å². The molecule has 1 aliphatic heterocycles. The molecule has 0 fully saturated rings. The van der Waals surface area contributed by atoms with Crippen LogP contribution in [0.25, 0.3) is 0 Å². The van der Waals surface area contributed by atoms with E-state index >= 15 is 0 Å². The molecule has 5 heteroatoms. The molecular weight excluding hydrogens is 400 g/mol. The number of hydrogen-bond donors (Lipinski definition) is 0. The van der Waals surface area contributed by atoms with Crippen molar-refractivity contribution in [2.24, 2.45) is 0 Å². The number of hydrogen-bond acceptors (Lipinski definition) is 3. The third-order valence-corrected chi connectivity index (χ3v) is 5.17. The average molecular weight is 416 g/mol. The highest BCUT2D eigenvalue weighted by Gasteiger charge is 2.22. The van der Waals surface area contributed by atoms with Gasteiger partial charge in [-0.3, -0.25) is 0 Å². The first-order valence-corrected chi connectivity index (χ1v) is 8.57. The average Bonchev–Trinajstić information content (AvgIpc) is 2.64. The standard InChI is InChI=1S/C16H16Br2O3/c1-9-6-11(10(2)21-9)16(18)12-7-14-15(8-13(12)17)20-5-3-4-19-14/h6-8,16H,3-5H2,1-2H3. The van der Waals surface area contributed by atoms with Crippen molar-refractivity contribution in [2.75, 3.05) is 13.2 Å². The van der Waals surface area contributed by atoms with Gasteiger partial charge in [-0.2, -0.15) is 0 Å². The number of benzene rings is 1. The van der Waals surface area contributed by atoms with Gasteiger partial charge in [-0.05, 0) is 37.6 Å². The normalized spacial score (nSPS) is 15.6. The van der Waals surface area contributed by atoms with Crippen molar-refractivity contribution in [3.63, 3.8) is 0 Å². The summed E-state index contributed by atoms with van der Waals surface area (Å²) in [6.07, 6.45) is 0.902. The van der Waals surface area contributed by atoms with Gasteiger partial charge in [0.15, 0.2) is 11.5 Å². The van der Waals surface area contributed by atoms with Crippen LogP contribution in [0.1, 0.15) is 33.9 Å². The van der Waals surface area contributed by atoms with Gasteiger partial charge in [-0.1, -0.05) is 31.9 Å². The molecule has 0 aliphatic carbocycles. The van der Waals surface area contributed by atoms with Gasteiger partial charge in [-0.15, -0.1) is 0 Å². The van der Waals surface area contributed by atoms with Gasteiger partial charge in [-0.25, -0.2) is 0 Å². The maximum Gasteiger partial charge on any atom is 0.162 e. The number of aryl methyl sites for hydroxylation is 2. The lowest BCUT2D eigenvalue weighted by atomic mass is 10.0. The Morgan fingerprint density at radius 1 is 1.00 bits per heavy atom. The summed E-state index contributed by atoms with van der Waals surface area (Å²) in [4.78, 5) is 0.0430. The first-order valence-electron chi connectivity index (χ1n) is 6.86. The van der Waals surface area contributed by atoms with Crippen molar-refractivity contribution >= 4 is 31.9 Å². The number of halogens is 2. The van der Waals surface area contributed by atoms with Gasteiger partial charge in [0, 0.05) is 16.5 Å². The minimum Gasteiger partial charge on any atom is -0.490 e. The Balaban J connectivity index is 2.02. The zero-order chi connectivity index (χ0) is 15.0. The van der Waals surface area contributed by atoms with Crippen LogP contribution in [0.15, 0.2) is 27.1 Å².